The van der Waals surface area contributed by atoms with E-state index in [2.05, 4.69) is 40.2 Å². The molecule has 1 atom stereocenters. The molecule has 192 valence electrons. The maximum Gasteiger partial charge on any atom is 0.323 e. The highest BCUT2D eigenvalue weighted by molar-refractivity contribution is 6.00. The van der Waals surface area contributed by atoms with E-state index in [-0.39, 0.29) is 37.5 Å². The first kappa shape index (κ1) is 26.5. The van der Waals surface area contributed by atoms with Gasteiger partial charge in [-0.05, 0) is 53.8 Å². The molecule has 0 aromatic heterocycles. The molecule has 36 heavy (non-hydrogen) atoms. The van der Waals surface area contributed by atoms with Crippen LogP contribution in [0.3, 0.4) is 0 Å². The summed E-state index contributed by atoms with van der Waals surface area (Å²) in [6.45, 7) is 6.59. The van der Waals surface area contributed by atoms with Crippen molar-refractivity contribution in [1.82, 2.24) is 15.3 Å². The van der Waals surface area contributed by atoms with E-state index in [0.29, 0.717) is 24.7 Å². The molecule has 1 unspecified atom stereocenters. The van der Waals surface area contributed by atoms with Gasteiger partial charge in [0.15, 0.2) is 0 Å². The Hall–Kier alpha value is -4.15. The third-order valence-corrected chi connectivity index (χ3v) is 5.53. The van der Waals surface area contributed by atoms with Crippen LogP contribution in [0.15, 0.2) is 59.0 Å². The zero-order chi connectivity index (χ0) is 26.1. The molecular weight excluding hydrogens is 462 g/mol. The number of para-hydroxylation sites is 1. The van der Waals surface area contributed by atoms with Crippen LogP contribution in [0.2, 0.25) is 0 Å². The summed E-state index contributed by atoms with van der Waals surface area (Å²) in [6, 6.07) is 14.3. The summed E-state index contributed by atoms with van der Waals surface area (Å²) in [5.74, 6) is -0.767. The molecule has 0 saturated carbocycles. The molecule has 4 N–H and O–H groups in total. The fourth-order valence-corrected chi connectivity index (χ4v) is 3.66. The monoisotopic (exact) mass is 495 g/mol. The lowest BCUT2D eigenvalue weighted by atomic mass is 10.1. The predicted octanol–water partition coefficient (Wildman–Crippen LogP) is 4.00. The minimum Gasteiger partial charge on any atom is -0.481 e. The molecule has 0 radical (unpaired) electrons. The third kappa shape index (κ3) is 8.26. The molecule has 1 aliphatic heterocycles. The Morgan fingerprint density at radius 3 is 2.42 bits per heavy atom. The topological polar surface area (TPSA) is 139 Å². The van der Waals surface area contributed by atoms with Gasteiger partial charge in [-0.15, -0.1) is 0 Å². The van der Waals surface area contributed by atoms with Gasteiger partial charge in [0, 0.05) is 11.4 Å². The molecule has 2 aromatic rings. The predicted molar refractivity (Wildman–Crippen MR) is 136 cm³/mol. The Morgan fingerprint density at radius 1 is 1.03 bits per heavy atom. The Kier molecular flexibility index (Phi) is 9.20. The average Bonchev–Trinajstić information content (AvgIpc) is 3.29. The van der Waals surface area contributed by atoms with Crippen LogP contribution < -0.4 is 16.0 Å². The van der Waals surface area contributed by atoms with Gasteiger partial charge < -0.3 is 21.1 Å². The number of hydrogen-bond acceptors (Lipinski definition) is 7. The van der Waals surface area contributed by atoms with Crippen molar-refractivity contribution in [2.75, 3.05) is 23.8 Å². The number of amides is 3. The lowest BCUT2D eigenvalue weighted by Crippen LogP contribution is -2.48. The first-order valence-corrected chi connectivity index (χ1v) is 11.9. The summed E-state index contributed by atoms with van der Waals surface area (Å²) in [6.07, 6.45) is 0.433. The van der Waals surface area contributed by atoms with Crippen molar-refractivity contribution >= 4 is 29.3 Å². The Balaban J connectivity index is 1.51. The van der Waals surface area contributed by atoms with E-state index in [4.69, 9.17) is 5.11 Å². The summed E-state index contributed by atoms with van der Waals surface area (Å²) in [4.78, 5) is 35.9. The number of anilines is 2. The quantitative estimate of drug-likeness (QED) is 0.372. The maximum atomic E-state index is 12.8. The molecule has 3 amide bonds. The zero-order valence-electron chi connectivity index (χ0n) is 20.8. The fraction of sp³-hybridized carbons (Fsp3) is 0.400. The number of aliphatic carboxylic acids is 1. The second kappa shape index (κ2) is 12.5. The average molecular weight is 496 g/mol. The molecule has 0 fully saturated rings. The van der Waals surface area contributed by atoms with Crippen molar-refractivity contribution in [2.45, 2.75) is 46.2 Å². The smallest absolute Gasteiger partial charge is 0.323 e. The standard InChI is InChI=1S/C25H33N7O4/c1-17(2)14-22(32-16-31(29-30-32)13-12-24(34)35)28-23(33)15-19-8-10-20(11-9-19)26-25(36)27-21-7-5-4-6-18(21)3/h4-11,17,22H,12-16H2,1-3H3,(H,28,33)(H,34,35)(H2,26,27,36). The lowest BCUT2D eigenvalue weighted by Gasteiger charge is -2.28. The van der Waals surface area contributed by atoms with Crippen molar-refractivity contribution in [3.63, 3.8) is 0 Å². The molecule has 2 aromatic carbocycles. The number of carboxylic acids is 1. The van der Waals surface area contributed by atoms with Crippen molar-refractivity contribution in [3.05, 3.63) is 59.7 Å². The van der Waals surface area contributed by atoms with E-state index in [9.17, 15) is 14.4 Å². The molecule has 1 aliphatic rings. The summed E-state index contributed by atoms with van der Waals surface area (Å²) in [7, 11) is 0. The summed E-state index contributed by atoms with van der Waals surface area (Å²) in [5.41, 5.74) is 3.11. The van der Waals surface area contributed by atoms with Crippen LogP contribution >= 0.6 is 0 Å². The Bertz CT molecular complexity index is 1090. The minimum atomic E-state index is -0.899. The number of carboxylic acid groups (broad SMARTS) is 1. The first-order chi connectivity index (χ1) is 17.2. The number of hydrogen-bond donors (Lipinski definition) is 4. The van der Waals surface area contributed by atoms with Crippen LogP contribution in [0.4, 0.5) is 16.2 Å². The summed E-state index contributed by atoms with van der Waals surface area (Å²) < 4.78 is 0. The molecule has 3 rings (SSSR count). The van der Waals surface area contributed by atoms with Gasteiger partial charge in [-0.25, -0.2) is 9.80 Å². The summed E-state index contributed by atoms with van der Waals surface area (Å²) in [5, 5.41) is 28.8. The van der Waals surface area contributed by atoms with Crippen molar-refractivity contribution in [3.8, 4) is 0 Å². The number of nitrogens with zero attached hydrogens (tertiary/aromatic N) is 4. The molecule has 0 saturated heterocycles. The molecule has 1 heterocycles. The van der Waals surface area contributed by atoms with Gasteiger partial charge in [0.2, 0.25) is 5.91 Å². The van der Waals surface area contributed by atoms with E-state index < -0.39 is 5.97 Å². The van der Waals surface area contributed by atoms with Crippen LogP contribution in [0.5, 0.6) is 0 Å². The van der Waals surface area contributed by atoms with Crippen LogP contribution in [0.1, 0.15) is 37.8 Å². The van der Waals surface area contributed by atoms with Crippen molar-refractivity contribution in [1.29, 1.82) is 0 Å². The lowest BCUT2D eigenvalue weighted by molar-refractivity contribution is -0.137. The van der Waals surface area contributed by atoms with Gasteiger partial charge >= 0.3 is 12.0 Å². The highest BCUT2D eigenvalue weighted by Gasteiger charge is 2.26. The Morgan fingerprint density at radius 2 is 1.75 bits per heavy atom. The van der Waals surface area contributed by atoms with E-state index in [1.165, 1.54) is 0 Å². The van der Waals surface area contributed by atoms with E-state index in [0.717, 1.165) is 16.8 Å². The van der Waals surface area contributed by atoms with Gasteiger partial charge in [-0.2, -0.15) is 0 Å². The van der Waals surface area contributed by atoms with Gasteiger partial charge in [0.25, 0.3) is 0 Å². The maximum absolute atomic E-state index is 12.8. The van der Waals surface area contributed by atoms with Gasteiger partial charge in [0.05, 0.1) is 19.4 Å². The van der Waals surface area contributed by atoms with Crippen LogP contribution in [-0.2, 0) is 16.0 Å². The number of aryl methyl sites for hydroxylation is 1. The number of benzene rings is 2. The molecular formula is C25H33N7O4. The molecule has 11 nitrogen and oxygen atoms in total. The number of carbonyl (C=O) groups excluding carboxylic acids is 2. The van der Waals surface area contributed by atoms with Gasteiger partial charge in [-0.1, -0.05) is 49.4 Å². The highest BCUT2D eigenvalue weighted by Crippen LogP contribution is 2.18. The number of urea groups is 1. The van der Waals surface area contributed by atoms with Crippen molar-refractivity contribution in [2.24, 2.45) is 16.4 Å². The molecule has 0 bridgehead atoms. The molecule has 11 heteroatoms. The van der Waals surface area contributed by atoms with E-state index >= 15 is 0 Å². The van der Waals surface area contributed by atoms with Crippen LogP contribution in [0, 0.1) is 12.8 Å². The number of nitrogens with one attached hydrogen (secondary N) is 3. The van der Waals surface area contributed by atoms with Gasteiger partial charge in [-0.3, -0.25) is 14.6 Å². The second-order valence-corrected chi connectivity index (χ2v) is 9.11. The fourth-order valence-electron chi connectivity index (χ4n) is 3.66. The van der Waals surface area contributed by atoms with Crippen molar-refractivity contribution < 1.29 is 19.5 Å². The first-order valence-electron chi connectivity index (χ1n) is 11.9. The third-order valence-electron chi connectivity index (χ3n) is 5.53. The largest absolute Gasteiger partial charge is 0.481 e. The normalized spacial score (nSPS) is 13.6. The van der Waals surface area contributed by atoms with E-state index in [1.54, 1.807) is 34.3 Å². The number of carbonyl (C=O) groups is 3. The Labute approximate surface area is 210 Å². The van der Waals surface area contributed by atoms with E-state index in [1.807, 2.05) is 31.2 Å². The summed E-state index contributed by atoms with van der Waals surface area (Å²) >= 11 is 0. The van der Waals surface area contributed by atoms with Crippen LogP contribution in [-0.4, -0.2) is 52.4 Å². The minimum absolute atomic E-state index is 0.0352. The highest BCUT2D eigenvalue weighted by atomic mass is 16.4. The number of rotatable bonds is 11. The molecule has 0 spiro atoms. The molecule has 0 aliphatic carbocycles. The van der Waals surface area contributed by atoms with Crippen LogP contribution in [0.25, 0.3) is 0 Å². The SMILES string of the molecule is Cc1ccccc1NC(=O)Nc1ccc(CC(=O)NC(CC(C)C)N2CN(CCC(=O)O)N=N2)cc1. The zero-order valence-corrected chi connectivity index (χ0v) is 20.8. The van der Waals surface area contributed by atoms with Gasteiger partial charge in [0.1, 0.15) is 12.8 Å². The second-order valence-electron chi connectivity index (χ2n) is 9.11.